The normalized spacial score (nSPS) is 10.9. The summed E-state index contributed by atoms with van der Waals surface area (Å²) in [5.74, 6) is -1.27. The summed E-state index contributed by atoms with van der Waals surface area (Å²) in [7, 11) is 0. The van der Waals surface area contributed by atoms with E-state index in [0.717, 1.165) is 4.88 Å². The molecule has 4 nitrogen and oxygen atoms in total. The first-order chi connectivity index (χ1) is 12.4. The van der Waals surface area contributed by atoms with Crippen molar-refractivity contribution in [2.24, 2.45) is 0 Å². The van der Waals surface area contributed by atoms with Gasteiger partial charge in [0.2, 0.25) is 5.43 Å². The first-order valence-electron chi connectivity index (χ1n) is 7.86. The van der Waals surface area contributed by atoms with Crippen molar-refractivity contribution in [3.8, 4) is 21.7 Å². The standard InChI is InChI=1S/C19H15Cl2NO3S/c1-3-22-10(2)15(14-5-4-8-26-14)18(23)16(19(24)25)17(22)11-6-7-12(20)13(21)9-11/h4-9H,3H2,1-2H3,(H,24,25). The Labute approximate surface area is 164 Å². The number of carbonyl (C=O) groups is 1. The summed E-state index contributed by atoms with van der Waals surface area (Å²) >= 11 is 13.5. The highest BCUT2D eigenvalue weighted by molar-refractivity contribution is 7.13. The maximum Gasteiger partial charge on any atom is 0.341 e. The molecule has 1 aromatic carbocycles. The van der Waals surface area contributed by atoms with Crippen LogP contribution in [-0.2, 0) is 6.54 Å². The van der Waals surface area contributed by atoms with Gasteiger partial charge >= 0.3 is 5.97 Å². The van der Waals surface area contributed by atoms with Gasteiger partial charge in [0.25, 0.3) is 0 Å². The van der Waals surface area contributed by atoms with Crippen molar-refractivity contribution in [2.75, 3.05) is 0 Å². The zero-order chi connectivity index (χ0) is 19.0. The van der Waals surface area contributed by atoms with Gasteiger partial charge in [-0.3, -0.25) is 4.79 Å². The number of carboxylic acids is 1. The second-order valence-corrected chi connectivity index (χ2v) is 7.43. The molecule has 0 aliphatic carbocycles. The summed E-state index contributed by atoms with van der Waals surface area (Å²) in [5, 5.41) is 12.3. The van der Waals surface area contributed by atoms with Crippen LogP contribution in [0.15, 0.2) is 40.5 Å². The molecule has 0 spiro atoms. The molecule has 0 aliphatic heterocycles. The predicted molar refractivity (Wildman–Crippen MR) is 107 cm³/mol. The van der Waals surface area contributed by atoms with Crippen molar-refractivity contribution in [1.82, 2.24) is 4.57 Å². The highest BCUT2D eigenvalue weighted by Crippen LogP contribution is 2.33. The van der Waals surface area contributed by atoms with Gasteiger partial charge in [-0.1, -0.05) is 35.3 Å². The monoisotopic (exact) mass is 407 g/mol. The van der Waals surface area contributed by atoms with E-state index in [-0.39, 0.29) is 5.56 Å². The van der Waals surface area contributed by atoms with Crippen molar-refractivity contribution in [3.63, 3.8) is 0 Å². The molecule has 0 radical (unpaired) electrons. The number of halogens is 2. The summed E-state index contributed by atoms with van der Waals surface area (Å²) in [4.78, 5) is 25.8. The molecule has 0 saturated carbocycles. The summed E-state index contributed by atoms with van der Waals surface area (Å²) in [6.07, 6.45) is 0. The van der Waals surface area contributed by atoms with Crippen molar-refractivity contribution in [1.29, 1.82) is 0 Å². The molecular formula is C19H15Cl2NO3S. The highest BCUT2D eigenvalue weighted by atomic mass is 35.5. The Morgan fingerprint density at radius 1 is 1.23 bits per heavy atom. The fourth-order valence-electron chi connectivity index (χ4n) is 3.08. The van der Waals surface area contributed by atoms with Crippen LogP contribution < -0.4 is 5.43 Å². The van der Waals surface area contributed by atoms with Crippen LogP contribution in [0.3, 0.4) is 0 Å². The van der Waals surface area contributed by atoms with Crippen molar-refractivity contribution >= 4 is 40.5 Å². The Morgan fingerprint density at radius 2 is 1.96 bits per heavy atom. The number of thiophene rings is 1. The molecule has 7 heteroatoms. The van der Waals surface area contributed by atoms with E-state index in [1.165, 1.54) is 11.3 Å². The van der Waals surface area contributed by atoms with Crippen LogP contribution in [-0.4, -0.2) is 15.6 Å². The van der Waals surface area contributed by atoms with E-state index in [9.17, 15) is 14.7 Å². The van der Waals surface area contributed by atoms with Crippen molar-refractivity contribution < 1.29 is 9.90 Å². The second-order valence-electron chi connectivity index (χ2n) is 5.67. The zero-order valence-electron chi connectivity index (χ0n) is 14.0. The third-order valence-electron chi connectivity index (χ3n) is 4.22. The maximum absolute atomic E-state index is 13.1. The topological polar surface area (TPSA) is 59.3 Å². The minimum atomic E-state index is -1.27. The predicted octanol–water partition coefficient (Wildman–Crippen LogP) is 5.58. The minimum Gasteiger partial charge on any atom is -0.477 e. The van der Waals surface area contributed by atoms with Gasteiger partial charge in [0, 0.05) is 22.7 Å². The number of benzene rings is 1. The van der Waals surface area contributed by atoms with Gasteiger partial charge in [0.05, 0.1) is 21.3 Å². The number of carboxylic acid groups (broad SMARTS) is 1. The molecule has 1 N–H and O–H groups in total. The average molecular weight is 408 g/mol. The molecule has 0 bridgehead atoms. The van der Waals surface area contributed by atoms with E-state index in [1.807, 2.05) is 35.9 Å². The lowest BCUT2D eigenvalue weighted by Crippen LogP contribution is -2.25. The van der Waals surface area contributed by atoms with Gasteiger partial charge < -0.3 is 9.67 Å². The number of hydrogen-bond acceptors (Lipinski definition) is 3. The van der Waals surface area contributed by atoms with Gasteiger partial charge in [-0.2, -0.15) is 0 Å². The molecule has 2 heterocycles. The Bertz CT molecular complexity index is 1060. The Kier molecular flexibility index (Phi) is 5.23. The lowest BCUT2D eigenvalue weighted by atomic mass is 9.99. The van der Waals surface area contributed by atoms with Crippen LogP contribution in [0.2, 0.25) is 10.0 Å². The Hall–Kier alpha value is -2.08. The summed E-state index contributed by atoms with van der Waals surface area (Å²) in [6.45, 7) is 4.23. The van der Waals surface area contributed by atoms with Gasteiger partial charge in [0.1, 0.15) is 5.56 Å². The van der Waals surface area contributed by atoms with Gasteiger partial charge in [-0.05, 0) is 37.4 Å². The molecule has 0 unspecified atom stereocenters. The van der Waals surface area contributed by atoms with Crippen LogP contribution in [0.25, 0.3) is 21.7 Å². The molecule has 0 amide bonds. The van der Waals surface area contributed by atoms with Crippen LogP contribution in [0.1, 0.15) is 23.0 Å². The number of aromatic nitrogens is 1. The average Bonchev–Trinajstić information content (AvgIpc) is 3.10. The molecule has 3 aromatic rings. The molecule has 0 atom stereocenters. The van der Waals surface area contributed by atoms with E-state index in [2.05, 4.69) is 0 Å². The maximum atomic E-state index is 13.1. The molecule has 0 saturated heterocycles. The molecule has 0 aliphatic rings. The fourth-order valence-corrected chi connectivity index (χ4v) is 4.20. The van der Waals surface area contributed by atoms with Crippen LogP contribution in [0.4, 0.5) is 0 Å². The van der Waals surface area contributed by atoms with Gasteiger partial charge in [-0.15, -0.1) is 11.3 Å². The lowest BCUT2D eigenvalue weighted by molar-refractivity contribution is 0.0695. The Balaban J connectivity index is 2.46. The minimum absolute atomic E-state index is 0.265. The first kappa shape index (κ1) is 18.7. The number of pyridine rings is 1. The zero-order valence-corrected chi connectivity index (χ0v) is 16.4. The SMILES string of the molecule is CCn1c(C)c(-c2cccs2)c(=O)c(C(=O)O)c1-c1ccc(Cl)c(Cl)c1. The number of hydrogen-bond donors (Lipinski definition) is 1. The largest absolute Gasteiger partial charge is 0.477 e. The molecule has 0 fully saturated rings. The van der Waals surface area contributed by atoms with Crippen molar-refractivity contribution in [2.45, 2.75) is 20.4 Å². The third-order valence-corrected chi connectivity index (χ3v) is 5.84. The quantitative estimate of drug-likeness (QED) is 0.613. The van der Waals surface area contributed by atoms with E-state index in [0.29, 0.717) is 39.1 Å². The number of aromatic carboxylic acids is 1. The van der Waals surface area contributed by atoms with E-state index >= 15 is 0 Å². The highest BCUT2D eigenvalue weighted by Gasteiger charge is 2.26. The first-order valence-corrected chi connectivity index (χ1v) is 9.50. The molecule has 3 rings (SSSR count). The molecular weight excluding hydrogens is 393 g/mol. The van der Waals surface area contributed by atoms with E-state index in [4.69, 9.17) is 23.2 Å². The number of rotatable bonds is 4. The van der Waals surface area contributed by atoms with E-state index in [1.54, 1.807) is 18.2 Å². The lowest BCUT2D eigenvalue weighted by Gasteiger charge is -2.20. The molecule has 134 valence electrons. The smallest absolute Gasteiger partial charge is 0.341 e. The summed E-state index contributed by atoms with van der Waals surface area (Å²) < 4.78 is 1.83. The third kappa shape index (κ3) is 3.07. The van der Waals surface area contributed by atoms with Crippen molar-refractivity contribution in [3.05, 3.63) is 67.2 Å². The second kappa shape index (κ2) is 7.27. The molecule has 26 heavy (non-hydrogen) atoms. The summed E-state index contributed by atoms with van der Waals surface area (Å²) in [5.41, 5.74) is 1.24. The fraction of sp³-hybridized carbons (Fsp3) is 0.158. The molecule has 2 aromatic heterocycles. The van der Waals surface area contributed by atoms with Gasteiger partial charge in [0.15, 0.2) is 0 Å². The van der Waals surface area contributed by atoms with E-state index < -0.39 is 11.4 Å². The van der Waals surface area contributed by atoms with Crippen LogP contribution in [0.5, 0.6) is 0 Å². The van der Waals surface area contributed by atoms with Crippen LogP contribution in [0, 0.1) is 6.92 Å². The summed E-state index contributed by atoms with van der Waals surface area (Å²) in [6, 6.07) is 8.51. The van der Waals surface area contributed by atoms with Crippen LogP contribution >= 0.6 is 34.5 Å². The van der Waals surface area contributed by atoms with Gasteiger partial charge in [-0.25, -0.2) is 4.79 Å². The Morgan fingerprint density at radius 3 is 2.50 bits per heavy atom. The number of nitrogens with zero attached hydrogens (tertiary/aromatic N) is 1.